The summed E-state index contributed by atoms with van der Waals surface area (Å²) in [5.41, 5.74) is 5.82. The van der Waals surface area contributed by atoms with Crippen molar-refractivity contribution in [2.45, 2.75) is 220 Å². The highest BCUT2D eigenvalue weighted by molar-refractivity contribution is 6.18. The zero-order valence-electron chi connectivity index (χ0n) is 33.1. The van der Waals surface area contributed by atoms with Gasteiger partial charge in [-0.05, 0) is 25.0 Å². The fourth-order valence-electron chi connectivity index (χ4n) is 8.61. The van der Waals surface area contributed by atoms with E-state index in [1.165, 1.54) is 225 Å². The Morgan fingerprint density at radius 2 is 0.540 bits per heavy atom. The Morgan fingerprint density at radius 3 is 0.820 bits per heavy atom. The zero-order chi connectivity index (χ0) is 34.9. The lowest BCUT2D eigenvalue weighted by atomic mass is 10.0. The molecule has 0 atom stereocenters. The summed E-state index contributed by atoms with van der Waals surface area (Å²) >= 11 is 0. The summed E-state index contributed by atoms with van der Waals surface area (Å²) in [5.74, 6) is 0. The standard InChI is InChI=1S/C48H78N2/c1-3-5-7-9-11-13-15-17-19-21-23-25-27-29-35-41-49-45-39-33-31-37-43(45)48-47(49)44-38-32-34-40-46(44)50(48)42-36-30-28-26-24-22-20-18-16-14-12-10-8-6-4-2/h31-34,37-40H,3-30,35-36,41-42H2,1-2H3. The van der Waals surface area contributed by atoms with E-state index in [4.69, 9.17) is 0 Å². The third-order valence-corrected chi connectivity index (χ3v) is 11.6. The van der Waals surface area contributed by atoms with Gasteiger partial charge in [-0.15, -0.1) is 0 Å². The molecule has 0 aliphatic heterocycles. The summed E-state index contributed by atoms with van der Waals surface area (Å²) < 4.78 is 5.36. The number of para-hydroxylation sites is 2. The first-order chi connectivity index (χ1) is 24.9. The molecule has 0 aliphatic rings. The second-order valence-electron chi connectivity index (χ2n) is 15.9. The van der Waals surface area contributed by atoms with Gasteiger partial charge < -0.3 is 9.13 Å². The minimum Gasteiger partial charge on any atom is -0.339 e. The normalized spacial score (nSPS) is 12.0. The van der Waals surface area contributed by atoms with Crippen LogP contribution in [0.4, 0.5) is 0 Å². The Morgan fingerprint density at radius 1 is 0.300 bits per heavy atom. The molecule has 0 spiro atoms. The van der Waals surface area contributed by atoms with Gasteiger partial charge in [-0.25, -0.2) is 0 Å². The van der Waals surface area contributed by atoms with Crippen LogP contribution in [-0.4, -0.2) is 9.13 Å². The predicted molar refractivity (Wildman–Crippen MR) is 225 cm³/mol. The van der Waals surface area contributed by atoms with Crippen LogP contribution in [0, 0.1) is 0 Å². The molecule has 0 bridgehead atoms. The Labute approximate surface area is 309 Å². The third-order valence-electron chi connectivity index (χ3n) is 11.6. The van der Waals surface area contributed by atoms with Crippen molar-refractivity contribution in [1.82, 2.24) is 9.13 Å². The van der Waals surface area contributed by atoms with Crippen molar-refractivity contribution in [3.63, 3.8) is 0 Å². The number of unbranched alkanes of at least 4 members (excludes halogenated alkanes) is 28. The van der Waals surface area contributed by atoms with E-state index in [0.29, 0.717) is 0 Å². The van der Waals surface area contributed by atoms with Crippen molar-refractivity contribution >= 4 is 32.8 Å². The maximum atomic E-state index is 2.68. The maximum Gasteiger partial charge on any atom is 0.0754 e. The van der Waals surface area contributed by atoms with Gasteiger partial charge in [0.15, 0.2) is 0 Å². The molecular formula is C48H78N2. The molecule has 0 unspecified atom stereocenters. The van der Waals surface area contributed by atoms with E-state index in [1.54, 1.807) is 0 Å². The van der Waals surface area contributed by atoms with Crippen LogP contribution in [0.2, 0.25) is 0 Å². The van der Waals surface area contributed by atoms with E-state index < -0.39 is 0 Å². The number of aromatic nitrogens is 2. The molecule has 4 aromatic rings. The first-order valence-electron chi connectivity index (χ1n) is 22.3. The summed E-state index contributed by atoms with van der Waals surface area (Å²) in [4.78, 5) is 0. The smallest absolute Gasteiger partial charge is 0.0754 e. The molecular weight excluding hydrogens is 605 g/mol. The Bertz CT molecular complexity index is 1300. The van der Waals surface area contributed by atoms with E-state index in [1.807, 2.05) is 0 Å². The molecule has 2 nitrogen and oxygen atoms in total. The van der Waals surface area contributed by atoms with Gasteiger partial charge in [0.25, 0.3) is 0 Å². The molecule has 0 saturated carbocycles. The molecule has 2 heteroatoms. The predicted octanol–water partition coefficient (Wildman–Crippen LogP) is 16.5. The van der Waals surface area contributed by atoms with Crippen LogP contribution in [0.3, 0.4) is 0 Å². The van der Waals surface area contributed by atoms with Crippen LogP contribution in [0.15, 0.2) is 48.5 Å². The summed E-state index contributed by atoms with van der Waals surface area (Å²) in [5, 5.41) is 2.89. The van der Waals surface area contributed by atoms with Gasteiger partial charge in [-0.1, -0.05) is 230 Å². The fourth-order valence-corrected chi connectivity index (χ4v) is 8.61. The van der Waals surface area contributed by atoms with Crippen LogP contribution in [-0.2, 0) is 13.1 Å². The summed E-state index contributed by atoms with van der Waals surface area (Å²) in [6.07, 6.45) is 42.6. The van der Waals surface area contributed by atoms with Crippen molar-refractivity contribution in [2.75, 3.05) is 0 Å². The van der Waals surface area contributed by atoms with Crippen LogP contribution >= 0.6 is 0 Å². The molecule has 2 aromatic carbocycles. The molecule has 2 heterocycles. The average Bonchev–Trinajstić information content (AvgIpc) is 3.64. The van der Waals surface area contributed by atoms with Crippen molar-refractivity contribution < 1.29 is 0 Å². The molecule has 0 fully saturated rings. The van der Waals surface area contributed by atoms with Crippen molar-refractivity contribution in [2.24, 2.45) is 0 Å². The highest BCUT2D eigenvalue weighted by Gasteiger charge is 2.19. The molecule has 2 aromatic heterocycles. The van der Waals surface area contributed by atoms with Crippen molar-refractivity contribution in [3.05, 3.63) is 48.5 Å². The first-order valence-corrected chi connectivity index (χ1v) is 22.3. The molecule has 0 amide bonds. The summed E-state index contributed by atoms with van der Waals surface area (Å²) in [6.45, 7) is 6.89. The Kier molecular flexibility index (Phi) is 20.8. The molecule has 50 heavy (non-hydrogen) atoms. The fraction of sp³-hybridized carbons (Fsp3) is 0.708. The first kappa shape index (κ1) is 40.5. The molecule has 0 saturated heterocycles. The molecule has 0 aliphatic carbocycles. The number of nitrogens with zero attached hydrogens (tertiary/aromatic N) is 2. The monoisotopic (exact) mass is 683 g/mol. The highest BCUT2D eigenvalue weighted by Crippen LogP contribution is 2.37. The maximum absolute atomic E-state index is 2.68. The number of hydrogen-bond acceptors (Lipinski definition) is 0. The molecule has 4 rings (SSSR count). The van der Waals surface area contributed by atoms with Gasteiger partial charge in [-0.2, -0.15) is 0 Å². The third kappa shape index (κ3) is 13.7. The largest absolute Gasteiger partial charge is 0.339 e. The number of hydrogen-bond donors (Lipinski definition) is 0. The van der Waals surface area contributed by atoms with E-state index >= 15 is 0 Å². The van der Waals surface area contributed by atoms with E-state index in [-0.39, 0.29) is 0 Å². The minimum absolute atomic E-state index is 1.13. The summed E-state index contributed by atoms with van der Waals surface area (Å²) in [6, 6.07) is 18.5. The number of rotatable bonds is 32. The number of fused-ring (bicyclic) bond motifs is 5. The lowest BCUT2D eigenvalue weighted by Gasteiger charge is -2.09. The Balaban J connectivity index is 1.17. The molecule has 0 radical (unpaired) electrons. The lowest BCUT2D eigenvalue weighted by Crippen LogP contribution is -1.97. The molecule has 280 valence electrons. The van der Waals surface area contributed by atoms with Gasteiger partial charge in [0.1, 0.15) is 0 Å². The van der Waals surface area contributed by atoms with Gasteiger partial charge in [0.2, 0.25) is 0 Å². The molecule has 0 N–H and O–H groups in total. The number of benzene rings is 2. The quantitative estimate of drug-likeness (QED) is 0.0454. The number of aryl methyl sites for hydroxylation is 2. The van der Waals surface area contributed by atoms with Gasteiger partial charge in [0, 0.05) is 23.9 Å². The van der Waals surface area contributed by atoms with E-state index in [0.717, 1.165) is 13.1 Å². The topological polar surface area (TPSA) is 9.86 Å². The second kappa shape index (κ2) is 25.7. The van der Waals surface area contributed by atoms with Crippen LogP contribution in [0.5, 0.6) is 0 Å². The average molecular weight is 683 g/mol. The Hall–Kier alpha value is -2.22. The van der Waals surface area contributed by atoms with E-state index in [9.17, 15) is 0 Å². The van der Waals surface area contributed by atoms with Gasteiger partial charge in [-0.3, -0.25) is 0 Å². The summed E-state index contributed by atoms with van der Waals surface area (Å²) in [7, 11) is 0. The van der Waals surface area contributed by atoms with Gasteiger partial charge in [0.05, 0.1) is 22.1 Å². The van der Waals surface area contributed by atoms with Gasteiger partial charge >= 0.3 is 0 Å². The lowest BCUT2D eigenvalue weighted by molar-refractivity contribution is 0.525. The van der Waals surface area contributed by atoms with Crippen LogP contribution in [0.1, 0.15) is 206 Å². The van der Waals surface area contributed by atoms with Crippen molar-refractivity contribution in [3.8, 4) is 0 Å². The SMILES string of the molecule is CCCCCCCCCCCCCCCCCn1c2ccccc2c2c1c1ccccc1n2CCCCCCCCCCCCCCCCC. The second-order valence-corrected chi connectivity index (χ2v) is 15.9. The zero-order valence-corrected chi connectivity index (χ0v) is 33.1. The van der Waals surface area contributed by atoms with Crippen LogP contribution < -0.4 is 0 Å². The van der Waals surface area contributed by atoms with Crippen molar-refractivity contribution in [1.29, 1.82) is 0 Å². The van der Waals surface area contributed by atoms with E-state index in [2.05, 4.69) is 71.5 Å². The van der Waals surface area contributed by atoms with Crippen LogP contribution in [0.25, 0.3) is 32.8 Å². The minimum atomic E-state index is 1.13. The highest BCUT2D eigenvalue weighted by atomic mass is 15.1.